The molecule has 0 radical (unpaired) electrons. The van der Waals surface area contributed by atoms with Gasteiger partial charge >= 0.3 is 0 Å². The van der Waals surface area contributed by atoms with Gasteiger partial charge < -0.3 is 9.73 Å². The van der Waals surface area contributed by atoms with E-state index >= 15 is 0 Å². The van der Waals surface area contributed by atoms with Crippen molar-refractivity contribution in [1.82, 2.24) is 5.32 Å². The number of carbonyl (C=O) groups excluding carboxylic acids is 1. The van der Waals surface area contributed by atoms with E-state index in [0.29, 0.717) is 15.8 Å². The van der Waals surface area contributed by atoms with Crippen LogP contribution in [0.5, 0.6) is 0 Å². The zero-order valence-corrected chi connectivity index (χ0v) is 12.3. The predicted octanol–water partition coefficient (Wildman–Crippen LogP) is 4.48. The Kier molecular flexibility index (Phi) is 4.88. The summed E-state index contributed by atoms with van der Waals surface area (Å²) in [5, 5.41) is 3.92. The van der Waals surface area contributed by atoms with Crippen LogP contribution in [0.3, 0.4) is 0 Å². The third-order valence-corrected chi connectivity index (χ3v) is 3.29. The zero-order chi connectivity index (χ0) is 14.5. The zero-order valence-electron chi connectivity index (χ0n) is 10.8. The van der Waals surface area contributed by atoms with Gasteiger partial charge in [0.1, 0.15) is 5.76 Å². The van der Waals surface area contributed by atoms with Crippen molar-refractivity contribution in [2.45, 2.75) is 13.0 Å². The Labute approximate surface area is 127 Å². The van der Waals surface area contributed by atoms with Crippen molar-refractivity contribution in [2.24, 2.45) is 0 Å². The molecule has 0 aliphatic heterocycles. The normalized spacial score (nSPS) is 12.6. The van der Waals surface area contributed by atoms with Gasteiger partial charge in [0.25, 0.3) is 0 Å². The van der Waals surface area contributed by atoms with Crippen LogP contribution >= 0.6 is 23.2 Å². The molecule has 1 aromatic carbocycles. The van der Waals surface area contributed by atoms with Crippen LogP contribution in [0.15, 0.2) is 47.1 Å². The second-order valence-electron chi connectivity index (χ2n) is 4.24. The molecule has 1 heterocycles. The Bertz CT molecular complexity index is 621. The number of hydrogen-bond donors (Lipinski definition) is 1. The van der Waals surface area contributed by atoms with E-state index in [-0.39, 0.29) is 11.9 Å². The van der Waals surface area contributed by atoms with Crippen molar-refractivity contribution in [3.63, 3.8) is 0 Å². The fourth-order valence-electron chi connectivity index (χ4n) is 1.74. The minimum Gasteiger partial charge on any atom is -0.465 e. The molecule has 2 aromatic rings. The third-order valence-electron chi connectivity index (χ3n) is 2.73. The van der Waals surface area contributed by atoms with E-state index < -0.39 is 0 Å². The lowest BCUT2D eigenvalue weighted by Crippen LogP contribution is -2.24. The molecule has 3 nitrogen and oxygen atoms in total. The number of nitrogens with one attached hydrogen (secondary N) is 1. The molecule has 1 atom stereocenters. The molecular formula is C15H13Cl2NO2. The molecule has 1 N–H and O–H groups in total. The topological polar surface area (TPSA) is 42.2 Å². The number of amides is 1. The molecule has 104 valence electrons. The molecule has 20 heavy (non-hydrogen) atoms. The summed E-state index contributed by atoms with van der Waals surface area (Å²) >= 11 is 11.9. The fourth-order valence-corrected chi connectivity index (χ4v) is 2.31. The highest BCUT2D eigenvalue weighted by molar-refractivity contribution is 6.35. The van der Waals surface area contributed by atoms with Gasteiger partial charge in [-0.3, -0.25) is 4.79 Å². The lowest BCUT2D eigenvalue weighted by molar-refractivity contribution is -0.117. The van der Waals surface area contributed by atoms with E-state index in [2.05, 4.69) is 5.32 Å². The largest absolute Gasteiger partial charge is 0.465 e. The molecule has 5 heteroatoms. The van der Waals surface area contributed by atoms with Crippen LogP contribution in [0.1, 0.15) is 24.3 Å². The molecule has 1 aromatic heterocycles. The first-order chi connectivity index (χ1) is 9.56. The maximum Gasteiger partial charge on any atom is 0.244 e. The molecule has 0 fully saturated rings. The average molecular weight is 310 g/mol. The van der Waals surface area contributed by atoms with Gasteiger partial charge in [-0.2, -0.15) is 0 Å². The summed E-state index contributed by atoms with van der Waals surface area (Å²) < 4.78 is 5.10. The highest BCUT2D eigenvalue weighted by Gasteiger charge is 2.11. The molecule has 0 spiro atoms. The summed E-state index contributed by atoms with van der Waals surface area (Å²) in [6.07, 6.45) is 4.57. The SMILES string of the molecule is C[C@@H](NC(=O)/C=C/c1ccco1)c1ccc(Cl)cc1Cl. The molecule has 0 unspecified atom stereocenters. The van der Waals surface area contributed by atoms with Gasteiger partial charge in [0, 0.05) is 16.1 Å². The summed E-state index contributed by atoms with van der Waals surface area (Å²) in [6, 6.07) is 8.50. The van der Waals surface area contributed by atoms with Crippen molar-refractivity contribution in [2.75, 3.05) is 0 Å². The van der Waals surface area contributed by atoms with Crippen LogP contribution in [0.25, 0.3) is 6.08 Å². The van der Waals surface area contributed by atoms with Crippen LogP contribution in [0, 0.1) is 0 Å². The maximum atomic E-state index is 11.8. The van der Waals surface area contributed by atoms with E-state index in [9.17, 15) is 4.79 Å². The number of halogens is 2. The smallest absolute Gasteiger partial charge is 0.244 e. The number of carbonyl (C=O) groups is 1. The standard InChI is InChI=1S/C15H13Cl2NO2/c1-10(13-6-4-11(16)9-14(13)17)18-15(19)7-5-12-3-2-8-20-12/h2-10H,1H3,(H,18,19)/b7-5+/t10-/m1/s1. The first kappa shape index (κ1) is 14.7. The van der Waals surface area contributed by atoms with Gasteiger partial charge in [0.2, 0.25) is 5.91 Å². The molecule has 0 aliphatic rings. The number of furan rings is 1. The summed E-state index contributed by atoms with van der Waals surface area (Å²) in [5.74, 6) is 0.400. The Hall–Kier alpha value is -1.71. The van der Waals surface area contributed by atoms with E-state index in [4.69, 9.17) is 27.6 Å². The molecule has 2 rings (SSSR count). The van der Waals surface area contributed by atoms with E-state index in [0.717, 1.165) is 5.56 Å². The molecule has 0 saturated carbocycles. The van der Waals surface area contributed by atoms with Gasteiger partial charge in [-0.1, -0.05) is 29.3 Å². The van der Waals surface area contributed by atoms with Crippen molar-refractivity contribution in [3.8, 4) is 0 Å². The fraction of sp³-hybridized carbons (Fsp3) is 0.133. The first-order valence-corrected chi connectivity index (χ1v) is 6.79. The Morgan fingerprint density at radius 1 is 1.35 bits per heavy atom. The summed E-state index contributed by atoms with van der Waals surface area (Å²) in [7, 11) is 0. The van der Waals surface area contributed by atoms with Crippen LogP contribution in [0.4, 0.5) is 0 Å². The number of rotatable bonds is 4. The number of benzene rings is 1. The maximum absolute atomic E-state index is 11.8. The van der Waals surface area contributed by atoms with Gasteiger partial charge in [-0.05, 0) is 42.8 Å². The Balaban J connectivity index is 2.00. The van der Waals surface area contributed by atoms with Crippen LogP contribution in [-0.4, -0.2) is 5.91 Å². The van der Waals surface area contributed by atoms with Crippen molar-refractivity contribution >= 4 is 35.2 Å². The van der Waals surface area contributed by atoms with Crippen LogP contribution < -0.4 is 5.32 Å². The predicted molar refractivity (Wildman–Crippen MR) is 80.8 cm³/mol. The molecular weight excluding hydrogens is 297 g/mol. The second kappa shape index (κ2) is 6.64. The average Bonchev–Trinajstić information content (AvgIpc) is 2.89. The molecule has 1 amide bonds. The lowest BCUT2D eigenvalue weighted by Gasteiger charge is -2.14. The summed E-state index contributed by atoms with van der Waals surface area (Å²) in [6.45, 7) is 1.85. The highest BCUT2D eigenvalue weighted by atomic mass is 35.5. The molecule has 0 saturated heterocycles. The first-order valence-electron chi connectivity index (χ1n) is 6.03. The summed E-state index contributed by atoms with van der Waals surface area (Å²) in [5.41, 5.74) is 0.816. The van der Waals surface area contributed by atoms with E-state index in [1.54, 1.807) is 42.7 Å². The minimum absolute atomic E-state index is 0.214. The van der Waals surface area contributed by atoms with Crippen molar-refractivity contribution < 1.29 is 9.21 Å². The van der Waals surface area contributed by atoms with Gasteiger partial charge in [0.05, 0.1) is 12.3 Å². The lowest BCUT2D eigenvalue weighted by atomic mass is 10.1. The third kappa shape index (κ3) is 3.89. The summed E-state index contributed by atoms with van der Waals surface area (Å²) in [4.78, 5) is 11.8. The molecule has 0 bridgehead atoms. The van der Waals surface area contributed by atoms with Crippen molar-refractivity contribution in [3.05, 3.63) is 64.0 Å². The quantitative estimate of drug-likeness (QED) is 0.846. The van der Waals surface area contributed by atoms with Crippen LogP contribution in [0.2, 0.25) is 10.0 Å². The van der Waals surface area contributed by atoms with Gasteiger partial charge in [-0.15, -0.1) is 0 Å². The Morgan fingerprint density at radius 3 is 2.80 bits per heavy atom. The van der Waals surface area contributed by atoms with Crippen LogP contribution in [-0.2, 0) is 4.79 Å². The Morgan fingerprint density at radius 2 is 2.15 bits per heavy atom. The van der Waals surface area contributed by atoms with Crippen molar-refractivity contribution in [1.29, 1.82) is 0 Å². The van der Waals surface area contributed by atoms with E-state index in [1.165, 1.54) is 6.08 Å². The second-order valence-corrected chi connectivity index (χ2v) is 5.09. The van der Waals surface area contributed by atoms with E-state index in [1.807, 2.05) is 6.92 Å². The number of hydrogen-bond acceptors (Lipinski definition) is 2. The van der Waals surface area contributed by atoms with Gasteiger partial charge in [-0.25, -0.2) is 0 Å². The minimum atomic E-state index is -0.222. The monoisotopic (exact) mass is 309 g/mol. The molecule has 0 aliphatic carbocycles. The highest BCUT2D eigenvalue weighted by Crippen LogP contribution is 2.26. The van der Waals surface area contributed by atoms with Gasteiger partial charge in [0.15, 0.2) is 0 Å².